The molecular weight excluding hydrogens is 288 g/mol. The second-order valence-electron chi connectivity index (χ2n) is 5.88. The molecule has 0 spiro atoms. The van der Waals surface area contributed by atoms with Crippen molar-refractivity contribution in [2.45, 2.75) is 33.0 Å². The van der Waals surface area contributed by atoms with Gasteiger partial charge in [0.1, 0.15) is 15.7 Å². The number of hydrogen-bond acceptors (Lipinski definition) is 5. The monoisotopic (exact) mass is 314 g/mol. The third-order valence-electron chi connectivity index (χ3n) is 4.11. The molecule has 6 nitrogen and oxygen atoms in total. The molecule has 21 heavy (non-hydrogen) atoms. The van der Waals surface area contributed by atoms with Crippen LogP contribution < -0.4 is 0 Å². The lowest BCUT2D eigenvalue weighted by atomic mass is 10.2. The molecule has 0 N–H and O–H groups in total. The van der Waals surface area contributed by atoms with Crippen LogP contribution in [0.5, 0.6) is 0 Å². The maximum absolute atomic E-state index is 11.3. The lowest BCUT2D eigenvalue weighted by molar-refractivity contribution is 0.0786. The molecule has 1 aliphatic heterocycles. The number of aromatic nitrogens is 2. The minimum absolute atomic E-state index is 0.250. The van der Waals surface area contributed by atoms with Crippen molar-refractivity contribution in [1.29, 1.82) is 0 Å². The molecule has 1 aromatic heterocycles. The first-order chi connectivity index (χ1) is 9.89. The van der Waals surface area contributed by atoms with Gasteiger partial charge in [-0.2, -0.15) is 0 Å². The van der Waals surface area contributed by atoms with E-state index < -0.39 is 9.84 Å². The molecule has 120 valence electrons. The molecule has 0 aromatic carbocycles. The fourth-order valence-corrected chi connectivity index (χ4v) is 3.35. The minimum Gasteiger partial charge on any atom is -0.334 e. The summed E-state index contributed by atoms with van der Waals surface area (Å²) in [5.41, 5.74) is 0. The van der Waals surface area contributed by atoms with Crippen molar-refractivity contribution in [1.82, 2.24) is 19.4 Å². The normalized spacial score (nSPS) is 21.8. The van der Waals surface area contributed by atoms with Crippen molar-refractivity contribution < 1.29 is 8.42 Å². The Balaban J connectivity index is 1.86. The van der Waals surface area contributed by atoms with Crippen LogP contribution in [0.25, 0.3) is 0 Å². The Morgan fingerprint density at radius 2 is 2.14 bits per heavy atom. The lowest BCUT2D eigenvalue weighted by Gasteiger charge is -2.39. The van der Waals surface area contributed by atoms with E-state index in [1.54, 1.807) is 0 Å². The zero-order valence-electron chi connectivity index (χ0n) is 13.2. The zero-order chi connectivity index (χ0) is 15.5. The molecule has 2 rings (SSSR count). The standard InChI is InChI=1S/C14H26N4O2S/c1-4-17-6-5-15-14(17)12-18-8-7-16(11-13(18)2)9-10-21(3,19)20/h5-6,13H,4,7-12H2,1-3H3/t13-/m1/s1. The summed E-state index contributed by atoms with van der Waals surface area (Å²) >= 11 is 0. The van der Waals surface area contributed by atoms with Crippen LogP contribution in [0.4, 0.5) is 0 Å². The van der Waals surface area contributed by atoms with Gasteiger partial charge < -0.3 is 4.57 Å². The van der Waals surface area contributed by atoms with Gasteiger partial charge in [0, 0.05) is 57.4 Å². The highest BCUT2D eigenvalue weighted by Gasteiger charge is 2.25. The smallest absolute Gasteiger partial charge is 0.148 e. The predicted octanol–water partition coefficient (Wildman–Crippen LogP) is 0.454. The average Bonchev–Trinajstić information content (AvgIpc) is 2.85. The first kappa shape index (κ1) is 16.5. The topological polar surface area (TPSA) is 58.4 Å². The predicted molar refractivity (Wildman–Crippen MR) is 83.9 cm³/mol. The van der Waals surface area contributed by atoms with E-state index in [1.807, 2.05) is 12.4 Å². The molecule has 0 bridgehead atoms. The summed E-state index contributed by atoms with van der Waals surface area (Å²) in [5.74, 6) is 1.36. The second-order valence-corrected chi connectivity index (χ2v) is 8.14. The van der Waals surface area contributed by atoms with Gasteiger partial charge in [0.05, 0.1) is 12.3 Å². The van der Waals surface area contributed by atoms with Gasteiger partial charge in [-0.3, -0.25) is 9.80 Å². The highest BCUT2D eigenvalue weighted by atomic mass is 32.2. The Bertz CT molecular complexity index is 555. The maximum atomic E-state index is 11.3. The van der Waals surface area contributed by atoms with Crippen LogP contribution in [0.1, 0.15) is 19.7 Å². The van der Waals surface area contributed by atoms with Crippen molar-refractivity contribution in [3.8, 4) is 0 Å². The van der Waals surface area contributed by atoms with E-state index in [9.17, 15) is 8.42 Å². The summed E-state index contributed by atoms with van der Waals surface area (Å²) in [6.07, 6.45) is 5.17. The van der Waals surface area contributed by atoms with Gasteiger partial charge >= 0.3 is 0 Å². The molecular formula is C14H26N4O2S. The molecule has 0 saturated carbocycles. The SMILES string of the molecule is CCn1ccnc1CN1CCN(CCS(C)(=O)=O)C[C@H]1C. The van der Waals surface area contributed by atoms with Gasteiger partial charge in [-0.1, -0.05) is 0 Å². The van der Waals surface area contributed by atoms with Gasteiger partial charge in [0.15, 0.2) is 0 Å². The highest BCUT2D eigenvalue weighted by Crippen LogP contribution is 2.13. The summed E-state index contributed by atoms with van der Waals surface area (Å²) in [6, 6.07) is 0.417. The van der Waals surface area contributed by atoms with Gasteiger partial charge in [0.2, 0.25) is 0 Å². The number of aryl methyl sites for hydroxylation is 1. The number of rotatable bonds is 6. The summed E-state index contributed by atoms with van der Waals surface area (Å²) in [6.45, 7) is 9.57. The molecule has 0 unspecified atom stereocenters. The first-order valence-corrected chi connectivity index (χ1v) is 9.59. The fraction of sp³-hybridized carbons (Fsp3) is 0.786. The fourth-order valence-electron chi connectivity index (χ4n) is 2.76. The number of imidazole rings is 1. The molecule has 0 aliphatic carbocycles. The van der Waals surface area contributed by atoms with Crippen molar-refractivity contribution >= 4 is 9.84 Å². The quantitative estimate of drug-likeness (QED) is 0.763. The third kappa shape index (κ3) is 4.79. The molecule has 1 saturated heterocycles. The van der Waals surface area contributed by atoms with Gasteiger partial charge in [-0.25, -0.2) is 13.4 Å². The van der Waals surface area contributed by atoms with Crippen LogP contribution in [0.15, 0.2) is 12.4 Å². The molecule has 1 atom stereocenters. The number of hydrogen-bond donors (Lipinski definition) is 0. The number of piperazine rings is 1. The summed E-state index contributed by atoms with van der Waals surface area (Å²) in [5, 5.41) is 0. The van der Waals surface area contributed by atoms with E-state index in [1.165, 1.54) is 6.26 Å². The van der Waals surface area contributed by atoms with Crippen LogP contribution in [0.3, 0.4) is 0 Å². The Morgan fingerprint density at radius 3 is 2.76 bits per heavy atom. The van der Waals surface area contributed by atoms with Crippen molar-refractivity contribution in [3.05, 3.63) is 18.2 Å². The first-order valence-electron chi connectivity index (χ1n) is 7.53. The molecule has 0 amide bonds. The average molecular weight is 314 g/mol. The molecule has 2 heterocycles. The third-order valence-corrected chi connectivity index (χ3v) is 5.04. The largest absolute Gasteiger partial charge is 0.334 e. The second kappa shape index (κ2) is 6.89. The minimum atomic E-state index is -2.87. The van der Waals surface area contributed by atoms with Crippen LogP contribution in [-0.2, 0) is 22.9 Å². The number of sulfone groups is 1. The van der Waals surface area contributed by atoms with E-state index in [2.05, 4.69) is 33.2 Å². The molecule has 1 aliphatic rings. The van der Waals surface area contributed by atoms with Crippen molar-refractivity contribution in [2.24, 2.45) is 0 Å². The van der Waals surface area contributed by atoms with Gasteiger partial charge in [-0.15, -0.1) is 0 Å². The van der Waals surface area contributed by atoms with Crippen molar-refractivity contribution in [3.63, 3.8) is 0 Å². The van der Waals surface area contributed by atoms with E-state index in [-0.39, 0.29) is 5.75 Å². The Kier molecular flexibility index (Phi) is 5.40. The highest BCUT2D eigenvalue weighted by molar-refractivity contribution is 7.90. The van der Waals surface area contributed by atoms with Crippen LogP contribution in [0, 0.1) is 0 Å². The van der Waals surface area contributed by atoms with Crippen molar-refractivity contribution in [2.75, 3.05) is 38.2 Å². The zero-order valence-corrected chi connectivity index (χ0v) is 14.0. The van der Waals surface area contributed by atoms with E-state index in [4.69, 9.17) is 0 Å². The Hall–Kier alpha value is -0.920. The molecule has 1 fully saturated rings. The number of nitrogens with zero attached hydrogens (tertiary/aromatic N) is 4. The van der Waals surface area contributed by atoms with Crippen LogP contribution >= 0.6 is 0 Å². The molecule has 1 aromatic rings. The van der Waals surface area contributed by atoms with Gasteiger partial charge in [-0.05, 0) is 13.8 Å². The lowest BCUT2D eigenvalue weighted by Crippen LogP contribution is -2.52. The molecule has 0 radical (unpaired) electrons. The summed E-state index contributed by atoms with van der Waals surface area (Å²) < 4.78 is 24.7. The summed E-state index contributed by atoms with van der Waals surface area (Å²) in [4.78, 5) is 9.10. The van der Waals surface area contributed by atoms with E-state index >= 15 is 0 Å². The Morgan fingerprint density at radius 1 is 1.38 bits per heavy atom. The van der Waals surface area contributed by atoms with Crippen LogP contribution in [-0.4, -0.2) is 72.0 Å². The van der Waals surface area contributed by atoms with Crippen LogP contribution in [0.2, 0.25) is 0 Å². The summed E-state index contributed by atoms with van der Waals surface area (Å²) in [7, 11) is -2.87. The van der Waals surface area contributed by atoms with E-state index in [0.29, 0.717) is 12.6 Å². The van der Waals surface area contributed by atoms with Gasteiger partial charge in [0.25, 0.3) is 0 Å². The van der Waals surface area contributed by atoms with E-state index in [0.717, 1.165) is 38.5 Å². The molecule has 7 heteroatoms. The maximum Gasteiger partial charge on any atom is 0.148 e. The Labute approximate surface area is 127 Å².